The van der Waals surface area contributed by atoms with Crippen molar-refractivity contribution in [2.24, 2.45) is 0 Å². The van der Waals surface area contributed by atoms with Gasteiger partial charge < -0.3 is 16.0 Å². The standard InChI is InChI=1S/C22H17F7N4/c1-11-5-14(23)3-4-16(11)19-17(9-30)20(31)32-10-18(19)33(2)15-7-12(21(24,25)26)6-13(8-15)22(27,28)29/h3-10,30H,1-2H3,(H2,31,32). The summed E-state index contributed by atoms with van der Waals surface area (Å²) in [6, 6.07) is 4.93. The molecule has 0 aliphatic carbocycles. The number of anilines is 3. The van der Waals surface area contributed by atoms with Crippen molar-refractivity contribution in [2.75, 3.05) is 17.7 Å². The Labute approximate surface area is 184 Å². The summed E-state index contributed by atoms with van der Waals surface area (Å²) in [6.07, 6.45) is -8.00. The molecule has 3 aromatic rings. The normalized spacial score (nSPS) is 12.0. The number of hydrogen-bond donors (Lipinski definition) is 2. The molecule has 0 fully saturated rings. The molecule has 33 heavy (non-hydrogen) atoms. The summed E-state index contributed by atoms with van der Waals surface area (Å²) < 4.78 is 93.6. The number of nitrogens with zero attached hydrogens (tertiary/aromatic N) is 2. The first-order valence-corrected chi connectivity index (χ1v) is 9.32. The lowest BCUT2D eigenvalue weighted by molar-refractivity contribution is -0.143. The van der Waals surface area contributed by atoms with Crippen LogP contribution in [-0.2, 0) is 12.4 Å². The van der Waals surface area contributed by atoms with Crippen LogP contribution in [0.2, 0.25) is 0 Å². The van der Waals surface area contributed by atoms with E-state index < -0.39 is 35.0 Å². The summed E-state index contributed by atoms with van der Waals surface area (Å²) in [4.78, 5) is 5.02. The van der Waals surface area contributed by atoms with Crippen LogP contribution in [0.5, 0.6) is 0 Å². The number of hydrogen-bond acceptors (Lipinski definition) is 4. The highest BCUT2D eigenvalue weighted by atomic mass is 19.4. The van der Waals surface area contributed by atoms with Crippen molar-refractivity contribution >= 4 is 23.4 Å². The summed E-state index contributed by atoms with van der Waals surface area (Å²) in [7, 11) is 1.26. The average Bonchev–Trinajstić information content (AvgIpc) is 2.71. The topological polar surface area (TPSA) is 66.0 Å². The molecular formula is C22H17F7N4. The van der Waals surface area contributed by atoms with Gasteiger partial charge in [-0.1, -0.05) is 6.07 Å². The van der Waals surface area contributed by atoms with Crippen molar-refractivity contribution in [3.8, 4) is 11.1 Å². The fraction of sp³-hybridized carbons (Fsp3) is 0.182. The van der Waals surface area contributed by atoms with Gasteiger partial charge in [0.2, 0.25) is 0 Å². The first kappa shape index (κ1) is 24.0. The second-order valence-electron chi connectivity index (χ2n) is 7.24. The highest BCUT2D eigenvalue weighted by Crippen LogP contribution is 2.43. The van der Waals surface area contributed by atoms with E-state index in [-0.39, 0.29) is 28.7 Å². The van der Waals surface area contributed by atoms with Gasteiger partial charge in [0.25, 0.3) is 0 Å². The van der Waals surface area contributed by atoms with Gasteiger partial charge in [0.15, 0.2) is 0 Å². The zero-order valence-electron chi connectivity index (χ0n) is 17.2. The molecule has 0 aliphatic rings. The van der Waals surface area contributed by atoms with Crippen LogP contribution in [0, 0.1) is 18.2 Å². The Kier molecular flexibility index (Phi) is 6.10. The van der Waals surface area contributed by atoms with Gasteiger partial charge in [-0.15, -0.1) is 0 Å². The summed E-state index contributed by atoms with van der Waals surface area (Å²) in [5.41, 5.74) is 3.66. The van der Waals surface area contributed by atoms with Gasteiger partial charge in [-0.05, 0) is 48.4 Å². The molecule has 1 aromatic heterocycles. The quantitative estimate of drug-likeness (QED) is 0.334. The molecule has 2 aromatic carbocycles. The number of benzene rings is 2. The van der Waals surface area contributed by atoms with Crippen LogP contribution in [0.4, 0.5) is 47.9 Å². The van der Waals surface area contributed by atoms with Crippen LogP contribution in [0.3, 0.4) is 0 Å². The third kappa shape index (κ3) is 4.76. The van der Waals surface area contributed by atoms with E-state index in [4.69, 9.17) is 11.1 Å². The molecule has 11 heteroatoms. The van der Waals surface area contributed by atoms with E-state index in [2.05, 4.69) is 4.98 Å². The van der Waals surface area contributed by atoms with Crippen molar-refractivity contribution in [1.82, 2.24) is 4.98 Å². The highest BCUT2D eigenvalue weighted by Gasteiger charge is 2.37. The predicted octanol–water partition coefficient (Wildman–Crippen LogP) is 6.58. The van der Waals surface area contributed by atoms with Gasteiger partial charge >= 0.3 is 12.4 Å². The molecule has 0 amide bonds. The van der Waals surface area contributed by atoms with Gasteiger partial charge in [0.1, 0.15) is 11.6 Å². The zero-order valence-corrected chi connectivity index (χ0v) is 17.2. The molecule has 0 atom stereocenters. The number of alkyl halides is 6. The molecule has 0 spiro atoms. The molecule has 1 heterocycles. The van der Waals surface area contributed by atoms with E-state index in [1.165, 1.54) is 25.4 Å². The Morgan fingerprint density at radius 1 is 0.970 bits per heavy atom. The number of nitrogens with one attached hydrogen (secondary N) is 1. The van der Waals surface area contributed by atoms with Crippen molar-refractivity contribution in [3.63, 3.8) is 0 Å². The van der Waals surface area contributed by atoms with Gasteiger partial charge in [-0.25, -0.2) is 9.37 Å². The number of rotatable bonds is 4. The SMILES string of the molecule is Cc1cc(F)ccc1-c1c(N(C)c2cc(C(F)(F)F)cc(C(F)(F)F)c2)cnc(N)c1C=N. The van der Waals surface area contributed by atoms with Gasteiger partial charge in [0, 0.05) is 30.1 Å². The molecule has 0 radical (unpaired) electrons. The molecule has 3 N–H and O–H groups in total. The minimum atomic E-state index is -5.02. The smallest absolute Gasteiger partial charge is 0.383 e. The Balaban J connectivity index is 2.31. The third-order valence-corrected chi connectivity index (χ3v) is 5.05. The van der Waals surface area contributed by atoms with Crippen molar-refractivity contribution in [2.45, 2.75) is 19.3 Å². The maximum absolute atomic E-state index is 13.7. The molecule has 0 saturated heterocycles. The minimum absolute atomic E-state index is 0.0343. The van der Waals surface area contributed by atoms with Crippen molar-refractivity contribution < 1.29 is 30.7 Å². The third-order valence-electron chi connectivity index (χ3n) is 5.05. The lowest BCUT2D eigenvalue weighted by atomic mass is 9.94. The van der Waals surface area contributed by atoms with Gasteiger partial charge in [-0.2, -0.15) is 26.3 Å². The zero-order chi connectivity index (χ0) is 24.7. The fourth-order valence-corrected chi connectivity index (χ4v) is 3.39. The maximum Gasteiger partial charge on any atom is 0.416 e. The van der Waals surface area contributed by atoms with Crippen LogP contribution < -0.4 is 10.6 Å². The highest BCUT2D eigenvalue weighted by molar-refractivity contribution is 6.00. The first-order valence-electron chi connectivity index (χ1n) is 9.32. The van der Waals surface area contributed by atoms with Crippen LogP contribution in [-0.4, -0.2) is 18.2 Å². The number of aromatic nitrogens is 1. The number of halogens is 7. The summed E-state index contributed by atoms with van der Waals surface area (Å²) in [5.74, 6) is -0.627. The van der Waals surface area contributed by atoms with E-state index >= 15 is 0 Å². The molecule has 3 rings (SSSR count). The largest absolute Gasteiger partial charge is 0.416 e. The van der Waals surface area contributed by atoms with E-state index in [1.807, 2.05) is 0 Å². The van der Waals surface area contributed by atoms with E-state index in [0.717, 1.165) is 17.2 Å². The lowest BCUT2D eigenvalue weighted by Gasteiger charge is -2.26. The molecule has 0 saturated carbocycles. The number of nitrogens with two attached hydrogens (primary N) is 1. The molecule has 0 unspecified atom stereocenters. The summed E-state index contributed by atoms with van der Waals surface area (Å²) in [5, 5.41) is 7.73. The predicted molar refractivity (Wildman–Crippen MR) is 111 cm³/mol. The number of nitrogen functional groups attached to an aromatic ring is 1. The monoisotopic (exact) mass is 470 g/mol. The lowest BCUT2D eigenvalue weighted by Crippen LogP contribution is -2.17. The van der Waals surface area contributed by atoms with E-state index in [1.54, 1.807) is 6.92 Å². The second-order valence-corrected chi connectivity index (χ2v) is 7.24. The van der Waals surface area contributed by atoms with Crippen LogP contribution in [0.1, 0.15) is 22.3 Å². The molecule has 174 valence electrons. The fourth-order valence-electron chi connectivity index (χ4n) is 3.39. The molecule has 0 aliphatic heterocycles. The van der Waals surface area contributed by atoms with Gasteiger partial charge in [0.05, 0.1) is 23.0 Å². The average molecular weight is 470 g/mol. The first-order chi connectivity index (χ1) is 15.2. The van der Waals surface area contributed by atoms with Crippen molar-refractivity contribution in [3.05, 3.63) is 70.7 Å². The molecular weight excluding hydrogens is 453 g/mol. The van der Waals surface area contributed by atoms with E-state index in [9.17, 15) is 30.7 Å². The van der Waals surface area contributed by atoms with Gasteiger partial charge in [-0.3, -0.25) is 0 Å². The van der Waals surface area contributed by atoms with Crippen molar-refractivity contribution in [1.29, 1.82) is 5.41 Å². The molecule has 0 bridgehead atoms. The molecule has 4 nitrogen and oxygen atoms in total. The summed E-state index contributed by atoms with van der Waals surface area (Å²) in [6.45, 7) is 1.57. The Morgan fingerprint density at radius 3 is 2.03 bits per heavy atom. The summed E-state index contributed by atoms with van der Waals surface area (Å²) >= 11 is 0. The number of pyridine rings is 1. The van der Waals surface area contributed by atoms with E-state index in [0.29, 0.717) is 23.3 Å². The van der Waals surface area contributed by atoms with Crippen LogP contribution in [0.15, 0.2) is 42.6 Å². The van der Waals surface area contributed by atoms with Crippen LogP contribution in [0.25, 0.3) is 11.1 Å². The Bertz CT molecular complexity index is 1180. The Hall–Kier alpha value is -3.63. The number of aryl methyl sites for hydroxylation is 1. The maximum atomic E-state index is 13.7. The second kappa shape index (κ2) is 8.38. The van der Waals surface area contributed by atoms with Crippen LogP contribution >= 0.6 is 0 Å². The minimum Gasteiger partial charge on any atom is -0.383 e. The Morgan fingerprint density at radius 2 is 1.55 bits per heavy atom.